The summed E-state index contributed by atoms with van der Waals surface area (Å²) >= 11 is 0. The van der Waals surface area contributed by atoms with Gasteiger partial charge in [-0.2, -0.15) is 0 Å². The number of fused-ring (bicyclic) bond motifs is 3. The minimum absolute atomic E-state index is 0.0232. The van der Waals surface area contributed by atoms with Crippen molar-refractivity contribution in [2.45, 2.75) is 57.3 Å². The molecule has 4 heterocycles. The summed E-state index contributed by atoms with van der Waals surface area (Å²) in [4.78, 5) is 34.9. The lowest BCUT2D eigenvalue weighted by Crippen LogP contribution is -2.33. The van der Waals surface area contributed by atoms with Gasteiger partial charge in [-0.05, 0) is 60.7 Å². The highest BCUT2D eigenvalue weighted by atomic mass is 16.5. The molecule has 3 atom stereocenters. The largest absolute Gasteiger partial charge is 0.352 e. The highest BCUT2D eigenvalue weighted by Crippen LogP contribution is 2.44. The quantitative estimate of drug-likeness (QED) is 0.391. The molecule has 8 nitrogen and oxygen atoms in total. The molecule has 0 aliphatic carbocycles. The van der Waals surface area contributed by atoms with E-state index in [0.29, 0.717) is 29.6 Å². The second kappa shape index (κ2) is 11.2. The van der Waals surface area contributed by atoms with E-state index in [0.717, 1.165) is 50.9 Å². The number of carbonyl (C=O) groups is 2. The number of rotatable bonds is 8. The third-order valence-corrected chi connectivity index (χ3v) is 8.07. The molecule has 2 fully saturated rings. The molecule has 3 unspecified atom stereocenters. The molecule has 8 heteroatoms. The second-order valence-electron chi connectivity index (χ2n) is 10.7. The molecule has 202 valence electrons. The Bertz CT molecular complexity index is 1350. The molecular weight excluding hydrogens is 490 g/mol. The van der Waals surface area contributed by atoms with E-state index >= 15 is 0 Å². The molecule has 39 heavy (non-hydrogen) atoms. The lowest BCUT2D eigenvalue weighted by molar-refractivity contribution is 0.0353. The SMILES string of the molecule is CCCCC1COC2c3c(NC(=O)Nc4cc(C5CCN(Cc6ccccc6)C5)ccn4)cccc3C(=O)N12. The molecule has 0 radical (unpaired) electrons. The van der Waals surface area contributed by atoms with Crippen LogP contribution in [0.15, 0.2) is 66.9 Å². The van der Waals surface area contributed by atoms with E-state index in [1.165, 1.54) is 11.1 Å². The predicted molar refractivity (Wildman–Crippen MR) is 151 cm³/mol. The van der Waals surface area contributed by atoms with Crippen LogP contribution in [-0.2, 0) is 11.3 Å². The van der Waals surface area contributed by atoms with Crippen molar-refractivity contribution in [2.24, 2.45) is 0 Å². The topological polar surface area (TPSA) is 86.8 Å². The summed E-state index contributed by atoms with van der Waals surface area (Å²) in [7, 11) is 0. The molecule has 2 aromatic carbocycles. The van der Waals surface area contributed by atoms with Gasteiger partial charge in [-0.25, -0.2) is 9.78 Å². The fraction of sp³-hybridized carbons (Fsp3) is 0.387. The number of aromatic nitrogens is 1. The van der Waals surface area contributed by atoms with Crippen molar-refractivity contribution in [1.29, 1.82) is 0 Å². The van der Waals surface area contributed by atoms with Crippen molar-refractivity contribution in [3.05, 3.63) is 89.1 Å². The zero-order chi connectivity index (χ0) is 26.8. The number of unbranched alkanes of at least 4 members (excludes halogenated alkanes) is 1. The maximum absolute atomic E-state index is 13.2. The fourth-order valence-corrected chi connectivity index (χ4v) is 6.11. The molecule has 3 aliphatic rings. The van der Waals surface area contributed by atoms with Crippen LogP contribution in [0.5, 0.6) is 0 Å². The maximum atomic E-state index is 13.2. The maximum Gasteiger partial charge on any atom is 0.324 e. The molecule has 3 aromatic rings. The van der Waals surface area contributed by atoms with Crippen molar-refractivity contribution >= 4 is 23.4 Å². The number of ether oxygens (including phenoxy) is 1. The van der Waals surface area contributed by atoms with Crippen molar-refractivity contribution in [3.8, 4) is 0 Å². The van der Waals surface area contributed by atoms with Gasteiger partial charge in [0.25, 0.3) is 5.91 Å². The normalized spacial score (nSPS) is 22.1. The molecule has 1 aromatic heterocycles. The summed E-state index contributed by atoms with van der Waals surface area (Å²) in [6.45, 7) is 5.64. The standard InChI is InChI=1S/C31H35N5O3/c1-2-3-10-24-20-39-30-28-25(29(37)36(24)30)11-7-12-26(28)33-31(38)34-27-17-22(13-15-32-27)23-14-16-35(19-23)18-21-8-5-4-6-9-21/h4-9,11-13,15,17,23-24,30H,2-3,10,14,16,18-20H2,1H3,(H2,32,33,34,38). The third kappa shape index (κ3) is 5.27. The number of nitrogens with zero attached hydrogens (tertiary/aromatic N) is 3. The Morgan fingerprint density at radius 2 is 1.97 bits per heavy atom. The van der Waals surface area contributed by atoms with E-state index in [-0.39, 0.29) is 11.9 Å². The summed E-state index contributed by atoms with van der Waals surface area (Å²) in [5.74, 6) is 0.883. The van der Waals surface area contributed by atoms with Gasteiger partial charge in [0.05, 0.1) is 18.3 Å². The Kier molecular flexibility index (Phi) is 7.30. The van der Waals surface area contributed by atoms with Crippen LogP contribution in [0.3, 0.4) is 0 Å². The van der Waals surface area contributed by atoms with Crippen molar-refractivity contribution in [2.75, 3.05) is 30.3 Å². The highest BCUT2D eigenvalue weighted by Gasteiger charge is 2.47. The number of nitrogens with one attached hydrogen (secondary N) is 2. The third-order valence-electron chi connectivity index (χ3n) is 8.07. The van der Waals surface area contributed by atoms with E-state index in [1.54, 1.807) is 12.3 Å². The fourth-order valence-electron chi connectivity index (χ4n) is 6.11. The molecule has 3 amide bonds. The van der Waals surface area contributed by atoms with Crippen LogP contribution in [0.4, 0.5) is 16.3 Å². The Morgan fingerprint density at radius 3 is 2.82 bits per heavy atom. The average Bonchev–Trinajstić information content (AvgIpc) is 3.65. The Balaban J connectivity index is 1.10. The number of amides is 3. The van der Waals surface area contributed by atoms with Crippen LogP contribution >= 0.6 is 0 Å². The van der Waals surface area contributed by atoms with Crippen LogP contribution in [-0.4, -0.2) is 52.5 Å². The number of urea groups is 1. The second-order valence-corrected chi connectivity index (χ2v) is 10.7. The zero-order valence-corrected chi connectivity index (χ0v) is 22.3. The van der Waals surface area contributed by atoms with Gasteiger partial charge in [0.2, 0.25) is 0 Å². The lowest BCUT2D eigenvalue weighted by atomic mass is 9.99. The lowest BCUT2D eigenvalue weighted by Gasteiger charge is -2.22. The minimum atomic E-state index is -0.450. The van der Waals surface area contributed by atoms with Crippen LogP contribution < -0.4 is 10.6 Å². The number of hydrogen-bond acceptors (Lipinski definition) is 5. The van der Waals surface area contributed by atoms with Crippen LogP contribution in [0, 0.1) is 0 Å². The number of hydrogen-bond donors (Lipinski definition) is 2. The molecule has 0 bridgehead atoms. The van der Waals surface area contributed by atoms with Gasteiger partial charge in [-0.3, -0.25) is 15.0 Å². The van der Waals surface area contributed by atoms with Gasteiger partial charge < -0.3 is 15.0 Å². The monoisotopic (exact) mass is 525 g/mol. The summed E-state index contributed by atoms with van der Waals surface area (Å²) < 4.78 is 6.06. The Labute approximate surface area is 229 Å². The first kappa shape index (κ1) is 25.5. The van der Waals surface area contributed by atoms with Crippen molar-refractivity contribution < 1.29 is 14.3 Å². The van der Waals surface area contributed by atoms with E-state index in [1.807, 2.05) is 35.2 Å². The first-order valence-corrected chi connectivity index (χ1v) is 14.0. The average molecular weight is 526 g/mol. The van der Waals surface area contributed by atoms with Gasteiger partial charge in [-0.1, -0.05) is 56.2 Å². The van der Waals surface area contributed by atoms with Crippen LogP contribution in [0.1, 0.15) is 71.8 Å². The highest BCUT2D eigenvalue weighted by molar-refractivity contribution is 6.05. The molecule has 2 N–H and O–H groups in total. The van der Waals surface area contributed by atoms with Gasteiger partial charge in [-0.15, -0.1) is 0 Å². The van der Waals surface area contributed by atoms with Crippen molar-refractivity contribution in [3.63, 3.8) is 0 Å². The number of benzene rings is 2. The molecule has 3 aliphatic heterocycles. The van der Waals surface area contributed by atoms with E-state index in [2.05, 4.69) is 51.7 Å². The van der Waals surface area contributed by atoms with Gasteiger partial charge in [0, 0.05) is 30.4 Å². The van der Waals surface area contributed by atoms with Gasteiger partial charge in [0.1, 0.15) is 5.82 Å². The molecule has 0 saturated carbocycles. The first-order valence-electron chi connectivity index (χ1n) is 14.0. The number of carbonyl (C=O) groups excluding carboxylic acids is 2. The van der Waals surface area contributed by atoms with Crippen molar-refractivity contribution in [1.82, 2.24) is 14.8 Å². The Hall–Kier alpha value is -3.75. The molecule has 0 spiro atoms. The van der Waals surface area contributed by atoms with E-state index in [9.17, 15) is 9.59 Å². The number of likely N-dealkylation sites (tertiary alicyclic amines) is 1. The predicted octanol–water partition coefficient (Wildman–Crippen LogP) is 5.76. The number of pyridine rings is 1. The van der Waals surface area contributed by atoms with Gasteiger partial charge >= 0.3 is 6.03 Å². The summed E-state index contributed by atoms with van der Waals surface area (Å²) in [6, 6.07) is 19.7. The molecule has 2 saturated heterocycles. The van der Waals surface area contributed by atoms with E-state index < -0.39 is 12.3 Å². The van der Waals surface area contributed by atoms with Crippen LogP contribution in [0.25, 0.3) is 0 Å². The molecule has 6 rings (SSSR count). The smallest absolute Gasteiger partial charge is 0.324 e. The minimum Gasteiger partial charge on any atom is -0.352 e. The van der Waals surface area contributed by atoms with Gasteiger partial charge in [0.15, 0.2) is 6.23 Å². The zero-order valence-electron chi connectivity index (χ0n) is 22.3. The molecular formula is C31H35N5O3. The van der Waals surface area contributed by atoms with Crippen LogP contribution in [0.2, 0.25) is 0 Å². The first-order chi connectivity index (χ1) is 19.1. The summed E-state index contributed by atoms with van der Waals surface area (Å²) in [5, 5.41) is 5.84. The summed E-state index contributed by atoms with van der Waals surface area (Å²) in [6.07, 6.45) is 5.42. The Morgan fingerprint density at radius 1 is 1.10 bits per heavy atom. The summed E-state index contributed by atoms with van der Waals surface area (Å²) in [5.41, 5.74) is 4.42. The van der Waals surface area contributed by atoms with E-state index in [4.69, 9.17) is 4.74 Å². The number of anilines is 2.